The predicted octanol–water partition coefficient (Wildman–Crippen LogP) is 0.573. The van der Waals surface area contributed by atoms with Gasteiger partial charge in [0, 0.05) is 25.9 Å². The molecule has 3 heteroatoms. The highest BCUT2D eigenvalue weighted by Gasteiger charge is 2.08. The molecule has 0 aliphatic heterocycles. The molecule has 0 atom stereocenters. The summed E-state index contributed by atoms with van der Waals surface area (Å²) in [5, 5.41) is 0. The van der Waals surface area contributed by atoms with Crippen LogP contribution in [0.15, 0.2) is 11.8 Å². The summed E-state index contributed by atoms with van der Waals surface area (Å²) in [6.07, 6.45) is 1.76. The maximum absolute atomic E-state index is 10.8. The Kier molecular flexibility index (Phi) is 3.65. The van der Waals surface area contributed by atoms with Crippen molar-refractivity contribution in [3.8, 4) is 0 Å². The molecule has 64 valence electrons. The highest BCUT2D eigenvalue weighted by Crippen LogP contribution is 2.08. The number of primary amides is 1. The zero-order valence-corrected chi connectivity index (χ0v) is 7.59. The van der Waals surface area contributed by atoms with Crippen molar-refractivity contribution in [1.82, 2.24) is 4.90 Å². The lowest BCUT2D eigenvalue weighted by Gasteiger charge is -2.11. The number of carbonyl (C=O) groups excluding carboxylic acids is 1. The van der Waals surface area contributed by atoms with Crippen molar-refractivity contribution in [2.75, 3.05) is 14.1 Å². The Balaban J connectivity index is 4.47. The van der Waals surface area contributed by atoms with Crippen LogP contribution in [0, 0.1) is 5.92 Å². The van der Waals surface area contributed by atoms with E-state index in [9.17, 15) is 4.79 Å². The average molecular weight is 156 g/mol. The van der Waals surface area contributed by atoms with Crippen LogP contribution in [0.25, 0.3) is 0 Å². The zero-order valence-electron chi connectivity index (χ0n) is 7.59. The van der Waals surface area contributed by atoms with Crippen LogP contribution in [-0.2, 0) is 4.79 Å². The smallest absolute Gasteiger partial charge is 0.246 e. The summed E-state index contributed by atoms with van der Waals surface area (Å²) in [6, 6.07) is 0. The molecule has 0 aliphatic carbocycles. The molecule has 0 saturated heterocycles. The molecule has 0 aromatic rings. The molecule has 1 amide bonds. The zero-order chi connectivity index (χ0) is 9.02. The van der Waals surface area contributed by atoms with Crippen LogP contribution < -0.4 is 5.73 Å². The second kappa shape index (κ2) is 4.01. The Morgan fingerprint density at radius 3 is 2.00 bits per heavy atom. The number of hydrogen-bond acceptors (Lipinski definition) is 2. The number of rotatable bonds is 3. The van der Waals surface area contributed by atoms with Crippen LogP contribution in [-0.4, -0.2) is 24.9 Å². The fourth-order valence-corrected chi connectivity index (χ4v) is 0.775. The Bertz CT molecular complexity index is 171. The van der Waals surface area contributed by atoms with Crippen molar-refractivity contribution in [1.29, 1.82) is 0 Å². The number of carbonyl (C=O) groups is 1. The van der Waals surface area contributed by atoms with Crippen LogP contribution in [0.5, 0.6) is 0 Å². The van der Waals surface area contributed by atoms with Gasteiger partial charge in [-0.05, 0) is 5.92 Å². The standard InChI is InChI=1S/C8H16N2O/c1-6(2)7(8(9)11)5-10(3)4/h5-6H,1-4H3,(H2,9,11). The monoisotopic (exact) mass is 156 g/mol. The first-order valence-electron chi connectivity index (χ1n) is 3.63. The summed E-state index contributed by atoms with van der Waals surface area (Å²) in [5.74, 6) is -0.149. The van der Waals surface area contributed by atoms with E-state index in [-0.39, 0.29) is 11.8 Å². The molecular weight excluding hydrogens is 140 g/mol. The maximum atomic E-state index is 10.8. The van der Waals surface area contributed by atoms with Gasteiger partial charge in [0.05, 0.1) is 0 Å². The molecule has 0 bridgehead atoms. The van der Waals surface area contributed by atoms with Gasteiger partial charge in [0.2, 0.25) is 5.91 Å². The highest BCUT2D eigenvalue weighted by atomic mass is 16.1. The van der Waals surface area contributed by atoms with E-state index in [2.05, 4.69) is 0 Å². The van der Waals surface area contributed by atoms with Gasteiger partial charge in [-0.25, -0.2) is 0 Å². The molecule has 0 saturated carbocycles. The van der Waals surface area contributed by atoms with Crippen molar-refractivity contribution < 1.29 is 4.79 Å². The highest BCUT2D eigenvalue weighted by molar-refractivity contribution is 5.92. The molecule has 0 aromatic carbocycles. The van der Waals surface area contributed by atoms with Crippen LogP contribution >= 0.6 is 0 Å². The molecule has 0 radical (unpaired) electrons. The van der Waals surface area contributed by atoms with Crippen molar-refractivity contribution >= 4 is 5.91 Å². The van der Waals surface area contributed by atoms with E-state index in [0.717, 1.165) is 0 Å². The largest absolute Gasteiger partial charge is 0.383 e. The number of amides is 1. The normalized spacial score (nSPS) is 11.9. The van der Waals surface area contributed by atoms with E-state index in [4.69, 9.17) is 5.73 Å². The molecule has 0 unspecified atom stereocenters. The van der Waals surface area contributed by atoms with Crippen molar-refractivity contribution in [2.45, 2.75) is 13.8 Å². The Morgan fingerprint density at radius 2 is 1.91 bits per heavy atom. The molecule has 0 aromatic heterocycles. The van der Waals surface area contributed by atoms with Crippen LogP contribution in [0.4, 0.5) is 0 Å². The molecule has 3 nitrogen and oxygen atoms in total. The number of nitrogens with two attached hydrogens (primary N) is 1. The minimum Gasteiger partial charge on any atom is -0.383 e. The van der Waals surface area contributed by atoms with Gasteiger partial charge in [-0.3, -0.25) is 4.79 Å². The van der Waals surface area contributed by atoms with Crippen molar-refractivity contribution in [3.05, 3.63) is 11.8 Å². The van der Waals surface area contributed by atoms with Gasteiger partial charge in [-0.15, -0.1) is 0 Å². The summed E-state index contributed by atoms with van der Waals surface area (Å²) in [4.78, 5) is 12.6. The number of nitrogens with zero attached hydrogens (tertiary/aromatic N) is 1. The summed E-state index contributed by atoms with van der Waals surface area (Å²) >= 11 is 0. The average Bonchev–Trinajstić information content (AvgIpc) is 1.81. The summed E-state index contributed by atoms with van der Waals surface area (Å²) in [5.41, 5.74) is 5.81. The topological polar surface area (TPSA) is 46.3 Å². The molecule has 0 spiro atoms. The van der Waals surface area contributed by atoms with Gasteiger partial charge >= 0.3 is 0 Å². The van der Waals surface area contributed by atoms with Gasteiger partial charge < -0.3 is 10.6 Å². The Morgan fingerprint density at radius 1 is 1.45 bits per heavy atom. The van der Waals surface area contributed by atoms with E-state index < -0.39 is 0 Å². The second-order valence-corrected chi connectivity index (χ2v) is 3.07. The summed E-state index contributed by atoms with van der Waals surface area (Å²) in [6.45, 7) is 3.89. The van der Waals surface area contributed by atoms with Gasteiger partial charge in [0.25, 0.3) is 0 Å². The Labute approximate surface area is 67.9 Å². The first-order chi connectivity index (χ1) is 4.95. The third-order valence-electron chi connectivity index (χ3n) is 1.30. The first kappa shape index (κ1) is 10.0. The predicted molar refractivity (Wildman–Crippen MR) is 45.8 cm³/mol. The van der Waals surface area contributed by atoms with E-state index >= 15 is 0 Å². The van der Waals surface area contributed by atoms with Gasteiger partial charge in [-0.1, -0.05) is 13.8 Å². The second-order valence-electron chi connectivity index (χ2n) is 3.07. The quantitative estimate of drug-likeness (QED) is 0.607. The van der Waals surface area contributed by atoms with E-state index in [1.165, 1.54) is 0 Å². The van der Waals surface area contributed by atoms with Crippen LogP contribution in [0.2, 0.25) is 0 Å². The van der Waals surface area contributed by atoms with Gasteiger partial charge in [0.15, 0.2) is 0 Å². The lowest BCUT2D eigenvalue weighted by Crippen LogP contribution is -2.20. The molecular formula is C8H16N2O. The lowest BCUT2D eigenvalue weighted by atomic mass is 10.0. The molecule has 11 heavy (non-hydrogen) atoms. The van der Waals surface area contributed by atoms with Gasteiger partial charge in [0.1, 0.15) is 0 Å². The van der Waals surface area contributed by atoms with Crippen molar-refractivity contribution in [2.24, 2.45) is 11.7 Å². The molecule has 0 aliphatic rings. The minimum atomic E-state index is -0.339. The SMILES string of the molecule is CC(C)C(=CN(C)C)C(N)=O. The molecule has 2 N–H and O–H groups in total. The third kappa shape index (κ3) is 3.65. The fourth-order valence-electron chi connectivity index (χ4n) is 0.775. The molecule has 0 fully saturated rings. The van der Waals surface area contributed by atoms with Crippen molar-refractivity contribution in [3.63, 3.8) is 0 Å². The van der Waals surface area contributed by atoms with Crippen LogP contribution in [0.3, 0.4) is 0 Å². The summed E-state index contributed by atoms with van der Waals surface area (Å²) < 4.78 is 0. The van der Waals surface area contributed by atoms with Crippen LogP contribution in [0.1, 0.15) is 13.8 Å². The third-order valence-corrected chi connectivity index (χ3v) is 1.30. The van der Waals surface area contributed by atoms with E-state index in [1.807, 2.05) is 32.8 Å². The number of hydrogen-bond donors (Lipinski definition) is 1. The van der Waals surface area contributed by atoms with E-state index in [0.29, 0.717) is 5.57 Å². The molecule has 0 rings (SSSR count). The lowest BCUT2D eigenvalue weighted by molar-refractivity contribution is -0.115. The molecule has 0 heterocycles. The van der Waals surface area contributed by atoms with Gasteiger partial charge in [-0.2, -0.15) is 0 Å². The Hall–Kier alpha value is -0.990. The maximum Gasteiger partial charge on any atom is 0.246 e. The minimum absolute atomic E-state index is 0.190. The fraction of sp³-hybridized carbons (Fsp3) is 0.625. The summed E-state index contributed by atoms with van der Waals surface area (Å²) in [7, 11) is 3.73. The first-order valence-corrected chi connectivity index (χ1v) is 3.63. The van der Waals surface area contributed by atoms with E-state index in [1.54, 1.807) is 6.20 Å².